The highest BCUT2D eigenvalue weighted by molar-refractivity contribution is 8.00. The Morgan fingerprint density at radius 3 is 2.64 bits per heavy atom. The van der Waals surface area contributed by atoms with E-state index >= 15 is 0 Å². The number of carbonyl (C=O) groups is 3. The van der Waals surface area contributed by atoms with Crippen LogP contribution in [-0.2, 0) is 20.7 Å². The molecule has 146 valence electrons. The Kier molecular flexibility index (Phi) is 6.19. The lowest BCUT2D eigenvalue weighted by Gasteiger charge is -2.16. The van der Waals surface area contributed by atoms with Gasteiger partial charge in [0.25, 0.3) is 0 Å². The molecule has 0 unspecified atom stereocenters. The first-order valence-corrected chi connectivity index (χ1v) is 10.2. The quantitative estimate of drug-likeness (QED) is 0.421. The number of aryl methyl sites for hydroxylation is 1. The van der Waals surface area contributed by atoms with Crippen molar-refractivity contribution in [2.75, 3.05) is 17.2 Å². The van der Waals surface area contributed by atoms with Gasteiger partial charge in [0.2, 0.25) is 11.7 Å². The van der Waals surface area contributed by atoms with Crippen molar-refractivity contribution in [3.63, 3.8) is 0 Å². The number of fused-ring (bicyclic) bond motifs is 1. The predicted octanol–water partition coefficient (Wildman–Crippen LogP) is 3.81. The average molecular weight is 397 g/mol. The van der Waals surface area contributed by atoms with Crippen LogP contribution in [0.2, 0.25) is 0 Å². The van der Waals surface area contributed by atoms with Crippen LogP contribution >= 0.6 is 11.8 Å². The summed E-state index contributed by atoms with van der Waals surface area (Å²) in [6, 6.07) is 13.1. The lowest BCUT2D eigenvalue weighted by atomic mass is 10.0. The van der Waals surface area contributed by atoms with Crippen molar-refractivity contribution in [2.45, 2.75) is 38.2 Å². The Bertz CT molecular complexity index is 925. The zero-order valence-electron chi connectivity index (χ0n) is 16.2. The fourth-order valence-electron chi connectivity index (χ4n) is 3.26. The number of ketones is 1. The topological polar surface area (TPSA) is 63.7 Å². The first-order chi connectivity index (χ1) is 13.4. The van der Waals surface area contributed by atoms with Crippen LogP contribution in [0.3, 0.4) is 0 Å². The zero-order chi connectivity index (χ0) is 20.3. The molecule has 6 heteroatoms. The van der Waals surface area contributed by atoms with E-state index in [2.05, 4.69) is 0 Å². The van der Waals surface area contributed by atoms with Crippen LogP contribution in [0, 0.1) is 6.92 Å². The summed E-state index contributed by atoms with van der Waals surface area (Å²) >= 11 is 1.40. The van der Waals surface area contributed by atoms with Gasteiger partial charge in [-0.25, -0.2) is 0 Å². The van der Waals surface area contributed by atoms with Gasteiger partial charge in [0.15, 0.2) is 6.10 Å². The van der Waals surface area contributed by atoms with E-state index in [0.29, 0.717) is 12.1 Å². The number of amides is 1. The standard InChI is InChI=1S/C22H23NO4S/c1-14-6-4-5-7-20(14)28-13-21(25)27-15(2)22(26)18-8-9-19-17(12-18)10-11-23(19)16(3)24/h4-9,12,15H,10-11,13H2,1-3H3/t15-/m1/s1. The van der Waals surface area contributed by atoms with E-state index in [1.165, 1.54) is 18.7 Å². The molecule has 1 aliphatic heterocycles. The Hall–Kier alpha value is -2.60. The van der Waals surface area contributed by atoms with Gasteiger partial charge in [0.1, 0.15) is 0 Å². The Morgan fingerprint density at radius 2 is 1.93 bits per heavy atom. The Labute approximate surface area is 169 Å². The van der Waals surface area contributed by atoms with Crippen molar-refractivity contribution >= 4 is 35.1 Å². The molecule has 0 saturated heterocycles. The number of hydrogen-bond acceptors (Lipinski definition) is 5. The van der Waals surface area contributed by atoms with E-state index < -0.39 is 12.1 Å². The third kappa shape index (κ3) is 4.44. The maximum Gasteiger partial charge on any atom is 0.316 e. The predicted molar refractivity (Wildman–Crippen MR) is 110 cm³/mol. The lowest BCUT2D eigenvalue weighted by Crippen LogP contribution is -2.26. The number of nitrogens with zero attached hydrogens (tertiary/aromatic N) is 1. The molecule has 0 saturated carbocycles. The molecule has 5 nitrogen and oxygen atoms in total. The van der Waals surface area contributed by atoms with Gasteiger partial charge in [-0.3, -0.25) is 14.4 Å². The van der Waals surface area contributed by atoms with Gasteiger partial charge < -0.3 is 9.64 Å². The van der Waals surface area contributed by atoms with Crippen molar-refractivity contribution in [1.29, 1.82) is 0 Å². The van der Waals surface area contributed by atoms with E-state index in [9.17, 15) is 14.4 Å². The molecule has 2 aromatic carbocycles. The molecule has 0 N–H and O–H groups in total. The van der Waals surface area contributed by atoms with Crippen molar-refractivity contribution in [3.8, 4) is 0 Å². The molecular weight excluding hydrogens is 374 g/mol. The van der Waals surface area contributed by atoms with Gasteiger partial charge in [-0.05, 0) is 55.7 Å². The van der Waals surface area contributed by atoms with Crippen LogP contribution in [0.5, 0.6) is 0 Å². The summed E-state index contributed by atoms with van der Waals surface area (Å²) in [4.78, 5) is 39.2. The minimum Gasteiger partial charge on any atom is -0.454 e. The molecule has 1 amide bonds. The molecule has 0 spiro atoms. The molecule has 0 aromatic heterocycles. The van der Waals surface area contributed by atoms with Gasteiger partial charge in [-0.1, -0.05) is 18.2 Å². The highest BCUT2D eigenvalue weighted by Gasteiger charge is 2.25. The largest absolute Gasteiger partial charge is 0.454 e. The Balaban J connectivity index is 1.59. The number of benzene rings is 2. The molecule has 2 aromatic rings. The second-order valence-electron chi connectivity index (χ2n) is 6.81. The van der Waals surface area contributed by atoms with Crippen molar-refractivity contribution < 1.29 is 19.1 Å². The second-order valence-corrected chi connectivity index (χ2v) is 7.83. The molecule has 1 heterocycles. The number of thioether (sulfide) groups is 1. The van der Waals surface area contributed by atoms with Crippen LogP contribution in [0.1, 0.15) is 35.3 Å². The highest BCUT2D eigenvalue weighted by atomic mass is 32.2. The van der Waals surface area contributed by atoms with E-state index in [-0.39, 0.29) is 17.4 Å². The van der Waals surface area contributed by atoms with E-state index in [4.69, 9.17) is 4.74 Å². The third-order valence-electron chi connectivity index (χ3n) is 4.76. The fourth-order valence-corrected chi connectivity index (χ4v) is 4.07. The maximum absolute atomic E-state index is 12.7. The number of esters is 1. The van der Waals surface area contributed by atoms with Gasteiger partial charge >= 0.3 is 5.97 Å². The van der Waals surface area contributed by atoms with E-state index in [1.807, 2.05) is 31.2 Å². The minimum absolute atomic E-state index is 0.00808. The van der Waals surface area contributed by atoms with E-state index in [1.54, 1.807) is 30.0 Å². The first kappa shape index (κ1) is 20.1. The summed E-state index contributed by atoms with van der Waals surface area (Å²) in [6.45, 7) is 5.74. The van der Waals surface area contributed by atoms with Crippen LogP contribution in [0.4, 0.5) is 5.69 Å². The molecule has 1 atom stereocenters. The van der Waals surface area contributed by atoms with Crippen LogP contribution in [0.25, 0.3) is 0 Å². The second kappa shape index (κ2) is 8.61. The fraction of sp³-hybridized carbons (Fsp3) is 0.318. The lowest BCUT2D eigenvalue weighted by molar-refractivity contribution is -0.143. The first-order valence-electron chi connectivity index (χ1n) is 9.20. The van der Waals surface area contributed by atoms with Crippen molar-refractivity contribution in [1.82, 2.24) is 0 Å². The number of anilines is 1. The van der Waals surface area contributed by atoms with Gasteiger partial charge in [-0.2, -0.15) is 0 Å². The smallest absolute Gasteiger partial charge is 0.316 e. The number of carbonyl (C=O) groups excluding carboxylic acids is 3. The summed E-state index contributed by atoms with van der Waals surface area (Å²) < 4.78 is 5.33. The summed E-state index contributed by atoms with van der Waals surface area (Å²) in [7, 11) is 0. The van der Waals surface area contributed by atoms with Gasteiger partial charge in [0, 0.05) is 29.6 Å². The minimum atomic E-state index is -0.853. The maximum atomic E-state index is 12.7. The zero-order valence-corrected chi connectivity index (χ0v) is 17.0. The SMILES string of the molecule is CC(=O)N1CCc2cc(C(=O)[C@@H](C)OC(=O)CSc3ccccc3C)ccc21. The number of Topliss-reactive ketones (excluding diaryl/α,β-unsaturated/α-hetero) is 1. The van der Waals surface area contributed by atoms with Crippen molar-refractivity contribution in [3.05, 3.63) is 59.2 Å². The van der Waals surface area contributed by atoms with Crippen LogP contribution in [-0.4, -0.2) is 36.1 Å². The number of rotatable bonds is 6. The van der Waals surface area contributed by atoms with Crippen LogP contribution in [0.15, 0.2) is 47.4 Å². The molecule has 1 aliphatic rings. The van der Waals surface area contributed by atoms with Crippen LogP contribution < -0.4 is 4.90 Å². The normalized spacial score (nSPS) is 13.8. The average Bonchev–Trinajstić information content (AvgIpc) is 3.10. The van der Waals surface area contributed by atoms with Gasteiger partial charge in [0.05, 0.1) is 5.75 Å². The summed E-state index contributed by atoms with van der Waals surface area (Å²) in [6.07, 6.45) is -0.134. The summed E-state index contributed by atoms with van der Waals surface area (Å²) in [5.74, 6) is -0.511. The monoisotopic (exact) mass is 397 g/mol. The summed E-state index contributed by atoms with van der Waals surface area (Å²) in [5.41, 5.74) is 3.41. The van der Waals surface area contributed by atoms with E-state index in [0.717, 1.165) is 28.1 Å². The molecule has 0 radical (unpaired) electrons. The molecule has 3 rings (SSSR count). The van der Waals surface area contributed by atoms with Gasteiger partial charge in [-0.15, -0.1) is 11.8 Å². The molecule has 28 heavy (non-hydrogen) atoms. The highest BCUT2D eigenvalue weighted by Crippen LogP contribution is 2.29. The number of hydrogen-bond donors (Lipinski definition) is 0. The molecule has 0 bridgehead atoms. The Morgan fingerprint density at radius 1 is 1.18 bits per heavy atom. The van der Waals surface area contributed by atoms with Crippen molar-refractivity contribution in [2.24, 2.45) is 0 Å². The number of ether oxygens (including phenoxy) is 1. The summed E-state index contributed by atoms with van der Waals surface area (Å²) in [5, 5.41) is 0. The molecular formula is C22H23NO4S. The molecule has 0 aliphatic carbocycles. The third-order valence-corrected chi connectivity index (χ3v) is 5.91. The molecule has 0 fully saturated rings.